The molecule has 0 unspecified atom stereocenters. The molecule has 1 N–H and O–H groups in total. The fourth-order valence-corrected chi connectivity index (χ4v) is 5.16. The lowest BCUT2D eigenvalue weighted by molar-refractivity contribution is -0.137. The van der Waals surface area contributed by atoms with Crippen molar-refractivity contribution in [3.8, 4) is 5.75 Å². The average Bonchev–Trinajstić information content (AvgIpc) is 2.78. The van der Waals surface area contributed by atoms with Crippen molar-refractivity contribution >= 4 is 15.9 Å². The van der Waals surface area contributed by atoms with Crippen LogP contribution in [-0.2, 0) is 27.5 Å². The lowest BCUT2D eigenvalue weighted by Gasteiger charge is -2.30. The molecule has 1 heterocycles. The topological polar surface area (TPSA) is 75.7 Å². The zero-order valence-electron chi connectivity index (χ0n) is 17.8. The fourth-order valence-electron chi connectivity index (χ4n) is 3.65. The molecule has 1 amide bonds. The van der Waals surface area contributed by atoms with Gasteiger partial charge in [-0.3, -0.25) is 4.79 Å². The number of ether oxygens (including phenoxy) is 1. The smallest absolute Gasteiger partial charge is 0.416 e. The molecule has 0 atom stereocenters. The highest BCUT2D eigenvalue weighted by molar-refractivity contribution is 7.89. The number of methoxy groups -OCH3 is 1. The van der Waals surface area contributed by atoms with E-state index in [0.717, 1.165) is 39.4 Å². The molecule has 0 radical (unpaired) electrons. The van der Waals surface area contributed by atoms with E-state index in [1.54, 1.807) is 7.11 Å². The van der Waals surface area contributed by atoms with Gasteiger partial charge in [-0.05, 0) is 55.2 Å². The normalized spacial score (nSPS) is 16.0. The van der Waals surface area contributed by atoms with Crippen molar-refractivity contribution in [3.05, 3.63) is 59.2 Å². The molecular formula is C22H25F3N2O4S. The molecule has 174 valence electrons. The summed E-state index contributed by atoms with van der Waals surface area (Å²) in [6, 6.07) is 9.35. The Balaban J connectivity index is 1.59. The monoisotopic (exact) mass is 470 g/mol. The second-order valence-corrected chi connectivity index (χ2v) is 9.66. The highest BCUT2D eigenvalue weighted by Gasteiger charge is 2.35. The van der Waals surface area contributed by atoms with Crippen LogP contribution in [0.15, 0.2) is 47.4 Å². The number of hydrogen-bond donors (Lipinski definition) is 1. The molecule has 2 aromatic rings. The number of hydrogen-bond acceptors (Lipinski definition) is 4. The number of piperidine rings is 1. The van der Waals surface area contributed by atoms with E-state index in [0.29, 0.717) is 25.5 Å². The Labute approximate surface area is 185 Å². The van der Waals surface area contributed by atoms with E-state index >= 15 is 0 Å². The molecular weight excluding hydrogens is 445 g/mol. The summed E-state index contributed by atoms with van der Waals surface area (Å²) in [6.07, 6.45) is -4.04. The van der Waals surface area contributed by atoms with Gasteiger partial charge in [0.1, 0.15) is 5.75 Å². The first-order valence-corrected chi connectivity index (χ1v) is 11.5. The molecule has 0 bridgehead atoms. The van der Waals surface area contributed by atoms with E-state index in [9.17, 15) is 26.4 Å². The molecule has 2 aromatic carbocycles. The van der Waals surface area contributed by atoms with Gasteiger partial charge in [0, 0.05) is 25.6 Å². The Morgan fingerprint density at radius 2 is 1.84 bits per heavy atom. The summed E-state index contributed by atoms with van der Waals surface area (Å²) in [6.45, 7) is 2.37. The third-order valence-electron chi connectivity index (χ3n) is 5.56. The van der Waals surface area contributed by atoms with Crippen molar-refractivity contribution in [2.24, 2.45) is 5.92 Å². The van der Waals surface area contributed by atoms with Crippen molar-refractivity contribution in [3.63, 3.8) is 0 Å². The lowest BCUT2D eigenvalue weighted by Crippen LogP contribution is -2.42. The maximum absolute atomic E-state index is 12.9. The highest BCUT2D eigenvalue weighted by atomic mass is 32.2. The summed E-state index contributed by atoms with van der Waals surface area (Å²) in [4.78, 5) is 12.1. The van der Waals surface area contributed by atoms with Gasteiger partial charge in [-0.1, -0.05) is 18.2 Å². The zero-order valence-corrected chi connectivity index (χ0v) is 18.6. The number of nitrogens with one attached hydrogen (secondary N) is 1. The predicted molar refractivity (Wildman–Crippen MR) is 113 cm³/mol. The number of rotatable bonds is 6. The van der Waals surface area contributed by atoms with E-state index in [1.165, 1.54) is 0 Å². The molecule has 1 aliphatic heterocycles. The summed E-state index contributed by atoms with van der Waals surface area (Å²) < 4.78 is 70.8. The molecule has 0 aromatic heterocycles. The van der Waals surface area contributed by atoms with Gasteiger partial charge < -0.3 is 10.1 Å². The van der Waals surface area contributed by atoms with E-state index in [4.69, 9.17) is 4.74 Å². The number of amides is 1. The van der Waals surface area contributed by atoms with Crippen LogP contribution in [0.5, 0.6) is 5.75 Å². The number of sulfonamides is 1. The standard InChI is InChI=1S/C22H25F3N2O4S/c1-15-6-7-16(12-20(15)31-2)14-26-21(28)17-8-10-27(11-9-17)32(29,30)19-5-3-4-18(13-19)22(23,24)25/h3-7,12-13,17H,8-11,14H2,1-2H3,(H,26,28). The number of nitrogens with zero attached hydrogens (tertiary/aromatic N) is 1. The number of alkyl halides is 3. The fraction of sp³-hybridized carbons (Fsp3) is 0.409. The summed E-state index contributed by atoms with van der Waals surface area (Å²) in [5.41, 5.74) is 0.850. The highest BCUT2D eigenvalue weighted by Crippen LogP contribution is 2.32. The van der Waals surface area contributed by atoms with Crippen LogP contribution in [0, 0.1) is 12.8 Å². The second kappa shape index (κ2) is 9.50. The van der Waals surface area contributed by atoms with Crippen molar-refractivity contribution in [2.75, 3.05) is 20.2 Å². The maximum Gasteiger partial charge on any atom is 0.416 e. The van der Waals surface area contributed by atoms with E-state index < -0.39 is 26.7 Å². The largest absolute Gasteiger partial charge is 0.496 e. The molecule has 10 heteroatoms. The summed E-state index contributed by atoms with van der Waals surface area (Å²) in [5.74, 6) is 0.181. The van der Waals surface area contributed by atoms with Crippen LogP contribution >= 0.6 is 0 Å². The molecule has 32 heavy (non-hydrogen) atoms. The summed E-state index contributed by atoms with van der Waals surface area (Å²) in [7, 11) is -2.50. The van der Waals surface area contributed by atoms with Crippen molar-refractivity contribution in [1.82, 2.24) is 9.62 Å². The number of halogens is 3. The Morgan fingerprint density at radius 3 is 2.47 bits per heavy atom. The van der Waals surface area contributed by atoms with Crippen molar-refractivity contribution < 1.29 is 31.1 Å². The first-order valence-electron chi connectivity index (χ1n) is 10.1. The third kappa shape index (κ3) is 5.42. The third-order valence-corrected chi connectivity index (χ3v) is 7.46. The Kier molecular flexibility index (Phi) is 7.14. The SMILES string of the molecule is COc1cc(CNC(=O)C2CCN(S(=O)(=O)c3cccc(C(F)(F)F)c3)CC2)ccc1C. The van der Waals surface area contributed by atoms with Gasteiger partial charge in [0.15, 0.2) is 0 Å². The quantitative estimate of drug-likeness (QED) is 0.698. The molecule has 6 nitrogen and oxygen atoms in total. The van der Waals surface area contributed by atoms with Gasteiger partial charge in [-0.15, -0.1) is 0 Å². The minimum Gasteiger partial charge on any atom is -0.496 e. The number of carbonyl (C=O) groups excluding carboxylic acids is 1. The van der Waals surface area contributed by atoms with Crippen LogP contribution in [0.2, 0.25) is 0 Å². The van der Waals surface area contributed by atoms with Crippen molar-refractivity contribution in [1.29, 1.82) is 0 Å². The number of aryl methyl sites for hydroxylation is 1. The average molecular weight is 471 g/mol. The first kappa shape index (κ1) is 24.1. The first-order chi connectivity index (χ1) is 15.0. The Hall–Kier alpha value is -2.59. The minimum absolute atomic E-state index is 0.0645. The Morgan fingerprint density at radius 1 is 1.16 bits per heavy atom. The van der Waals surface area contributed by atoms with E-state index in [1.807, 2.05) is 25.1 Å². The van der Waals surface area contributed by atoms with Crippen LogP contribution in [0.25, 0.3) is 0 Å². The predicted octanol–water partition coefficient (Wildman–Crippen LogP) is 3.74. The van der Waals surface area contributed by atoms with Gasteiger partial charge in [-0.2, -0.15) is 17.5 Å². The van der Waals surface area contributed by atoms with Gasteiger partial charge in [-0.25, -0.2) is 8.42 Å². The summed E-state index contributed by atoms with van der Waals surface area (Å²) in [5, 5.41) is 2.86. The van der Waals surface area contributed by atoms with Crippen molar-refractivity contribution in [2.45, 2.75) is 37.4 Å². The molecule has 0 spiro atoms. The number of carbonyl (C=O) groups is 1. The van der Waals surface area contributed by atoms with Crippen LogP contribution < -0.4 is 10.1 Å². The van der Waals surface area contributed by atoms with E-state index in [2.05, 4.69) is 5.32 Å². The summed E-state index contributed by atoms with van der Waals surface area (Å²) >= 11 is 0. The maximum atomic E-state index is 12.9. The lowest BCUT2D eigenvalue weighted by atomic mass is 9.97. The molecule has 1 saturated heterocycles. The number of benzene rings is 2. The molecule has 0 aliphatic carbocycles. The van der Waals surface area contributed by atoms with E-state index in [-0.39, 0.29) is 24.9 Å². The molecule has 1 aliphatic rings. The minimum atomic E-state index is -4.63. The van der Waals surface area contributed by atoms with Crippen LogP contribution in [0.4, 0.5) is 13.2 Å². The van der Waals surface area contributed by atoms with Crippen LogP contribution in [-0.4, -0.2) is 38.8 Å². The second-order valence-electron chi connectivity index (χ2n) is 7.73. The molecule has 3 rings (SSSR count). The zero-order chi connectivity index (χ0) is 23.5. The van der Waals surface area contributed by atoms with Crippen LogP contribution in [0.3, 0.4) is 0 Å². The Bertz CT molecular complexity index is 1080. The molecule has 0 saturated carbocycles. The van der Waals surface area contributed by atoms with Crippen LogP contribution in [0.1, 0.15) is 29.5 Å². The van der Waals surface area contributed by atoms with Gasteiger partial charge in [0.05, 0.1) is 17.6 Å². The van der Waals surface area contributed by atoms with Gasteiger partial charge in [0.25, 0.3) is 0 Å². The molecule has 1 fully saturated rings. The van der Waals surface area contributed by atoms with Gasteiger partial charge in [0.2, 0.25) is 15.9 Å². The van der Waals surface area contributed by atoms with Gasteiger partial charge >= 0.3 is 6.18 Å².